The van der Waals surface area contributed by atoms with Gasteiger partial charge in [-0.25, -0.2) is 4.79 Å². The van der Waals surface area contributed by atoms with E-state index < -0.39 is 5.97 Å². The summed E-state index contributed by atoms with van der Waals surface area (Å²) in [6.45, 7) is 0.123. The normalized spacial score (nSPS) is 10.7. The van der Waals surface area contributed by atoms with E-state index in [2.05, 4.69) is 0 Å². The van der Waals surface area contributed by atoms with Crippen LogP contribution in [0.3, 0.4) is 0 Å². The highest BCUT2D eigenvalue weighted by molar-refractivity contribution is 6.31. The average Bonchev–Trinajstić information content (AvgIpc) is 2.79. The quantitative estimate of drug-likeness (QED) is 0.400. The zero-order valence-electron chi connectivity index (χ0n) is 16.1. The summed E-state index contributed by atoms with van der Waals surface area (Å²) < 4.78 is 16.6. The smallest absolute Gasteiger partial charge is 0.337 e. The fourth-order valence-corrected chi connectivity index (χ4v) is 3.24. The first kappa shape index (κ1) is 19.7. The molecule has 0 atom stereocenters. The summed E-state index contributed by atoms with van der Waals surface area (Å²) in [6, 6.07) is 21.0. The number of methoxy groups -OCH3 is 1. The number of esters is 1. The first-order valence-corrected chi connectivity index (χ1v) is 9.56. The molecule has 5 nitrogen and oxygen atoms in total. The minimum absolute atomic E-state index is 0.105. The molecule has 0 bridgehead atoms. The zero-order chi connectivity index (χ0) is 21.1. The molecule has 0 aliphatic carbocycles. The molecule has 0 fully saturated rings. The largest absolute Gasteiger partial charge is 0.481 e. The molecule has 0 N–H and O–H groups in total. The summed E-state index contributed by atoms with van der Waals surface area (Å²) >= 11 is 6.07. The van der Waals surface area contributed by atoms with E-state index in [1.54, 1.807) is 42.5 Å². The number of fused-ring (bicyclic) bond motifs is 1. The van der Waals surface area contributed by atoms with Crippen molar-refractivity contribution < 1.29 is 18.7 Å². The summed E-state index contributed by atoms with van der Waals surface area (Å²) in [6.07, 6.45) is 0. The number of rotatable bonds is 5. The second-order valence-electron chi connectivity index (χ2n) is 6.57. The van der Waals surface area contributed by atoms with E-state index in [4.69, 9.17) is 25.5 Å². The Morgan fingerprint density at radius 1 is 1.00 bits per heavy atom. The Morgan fingerprint density at radius 2 is 1.73 bits per heavy atom. The lowest BCUT2D eigenvalue weighted by atomic mass is 10.1. The van der Waals surface area contributed by atoms with Crippen LogP contribution in [0.5, 0.6) is 5.75 Å². The number of ether oxygens (including phenoxy) is 2. The van der Waals surface area contributed by atoms with Gasteiger partial charge in [-0.05, 0) is 35.9 Å². The van der Waals surface area contributed by atoms with Gasteiger partial charge in [0.15, 0.2) is 5.76 Å². The summed E-state index contributed by atoms with van der Waals surface area (Å²) in [7, 11) is 1.33. The van der Waals surface area contributed by atoms with E-state index in [9.17, 15) is 9.59 Å². The zero-order valence-corrected chi connectivity index (χ0v) is 16.8. The van der Waals surface area contributed by atoms with Crippen molar-refractivity contribution in [2.75, 3.05) is 7.11 Å². The molecule has 1 aromatic heterocycles. The van der Waals surface area contributed by atoms with Gasteiger partial charge in [-0.3, -0.25) is 4.79 Å². The molecule has 0 radical (unpaired) electrons. The average molecular weight is 421 g/mol. The maximum absolute atomic E-state index is 13.2. The molecule has 1 heterocycles. The van der Waals surface area contributed by atoms with E-state index in [1.165, 1.54) is 7.11 Å². The Balaban J connectivity index is 1.74. The van der Waals surface area contributed by atoms with Crippen molar-refractivity contribution in [3.63, 3.8) is 0 Å². The Kier molecular flexibility index (Phi) is 5.55. The third kappa shape index (κ3) is 3.93. The lowest BCUT2D eigenvalue weighted by molar-refractivity contribution is 0.0600. The minimum atomic E-state index is -0.416. The van der Waals surface area contributed by atoms with Gasteiger partial charge < -0.3 is 13.9 Å². The second kappa shape index (κ2) is 8.43. The van der Waals surface area contributed by atoms with Crippen molar-refractivity contribution in [2.45, 2.75) is 6.61 Å². The maximum Gasteiger partial charge on any atom is 0.337 e. The van der Waals surface area contributed by atoms with Crippen molar-refractivity contribution in [3.05, 3.63) is 99.2 Å². The third-order valence-corrected chi connectivity index (χ3v) is 4.84. The van der Waals surface area contributed by atoms with Gasteiger partial charge in [0.1, 0.15) is 12.2 Å². The topological polar surface area (TPSA) is 65.7 Å². The van der Waals surface area contributed by atoms with Crippen molar-refractivity contribution in [3.8, 4) is 17.1 Å². The van der Waals surface area contributed by atoms with Crippen LogP contribution in [0.25, 0.3) is 22.3 Å². The highest BCUT2D eigenvalue weighted by Gasteiger charge is 2.18. The molecule has 3 aromatic carbocycles. The molecule has 0 spiro atoms. The molecule has 4 aromatic rings. The molecule has 0 saturated heterocycles. The number of hydrogen-bond donors (Lipinski definition) is 0. The summed E-state index contributed by atoms with van der Waals surface area (Å²) in [5.74, 6) is 0.0375. The number of halogens is 1. The number of carbonyl (C=O) groups excluding carboxylic acids is 1. The van der Waals surface area contributed by atoms with Crippen LogP contribution >= 0.6 is 11.6 Å². The molecular formula is C24H17ClO5. The van der Waals surface area contributed by atoms with Crippen LogP contribution in [0, 0.1) is 0 Å². The van der Waals surface area contributed by atoms with E-state index in [0.717, 1.165) is 11.1 Å². The Bertz CT molecular complexity index is 1260. The van der Waals surface area contributed by atoms with Gasteiger partial charge in [0.2, 0.25) is 11.2 Å². The molecule has 0 aliphatic rings. The van der Waals surface area contributed by atoms with Crippen LogP contribution in [0.2, 0.25) is 5.02 Å². The van der Waals surface area contributed by atoms with Crippen LogP contribution in [-0.4, -0.2) is 13.1 Å². The highest BCUT2D eigenvalue weighted by atomic mass is 35.5. The predicted molar refractivity (Wildman–Crippen MR) is 115 cm³/mol. The molecule has 150 valence electrons. The monoisotopic (exact) mass is 420 g/mol. The minimum Gasteiger partial charge on any atom is -0.481 e. The molecule has 0 unspecified atom stereocenters. The summed E-state index contributed by atoms with van der Waals surface area (Å²) in [5.41, 5.74) is 2.07. The van der Waals surface area contributed by atoms with Crippen molar-refractivity contribution in [1.82, 2.24) is 0 Å². The predicted octanol–water partition coefficient (Wildman–Crippen LogP) is 5.48. The maximum atomic E-state index is 13.2. The van der Waals surface area contributed by atoms with Crippen LogP contribution in [0.4, 0.5) is 0 Å². The van der Waals surface area contributed by atoms with Crippen LogP contribution in [-0.2, 0) is 11.3 Å². The van der Waals surface area contributed by atoms with E-state index in [-0.39, 0.29) is 17.8 Å². The van der Waals surface area contributed by atoms with Crippen LogP contribution in [0.15, 0.2) is 82.0 Å². The molecule has 30 heavy (non-hydrogen) atoms. The Hall–Kier alpha value is -3.57. The van der Waals surface area contributed by atoms with Crippen molar-refractivity contribution in [2.24, 2.45) is 0 Å². The Labute approximate surface area is 177 Å². The second-order valence-corrected chi connectivity index (χ2v) is 7.01. The molecule has 0 aliphatic heterocycles. The third-order valence-electron chi connectivity index (χ3n) is 4.60. The highest BCUT2D eigenvalue weighted by Crippen LogP contribution is 2.32. The van der Waals surface area contributed by atoms with Gasteiger partial charge in [-0.15, -0.1) is 0 Å². The fourth-order valence-electron chi connectivity index (χ4n) is 3.07. The van der Waals surface area contributed by atoms with Gasteiger partial charge in [0, 0.05) is 10.6 Å². The van der Waals surface area contributed by atoms with Gasteiger partial charge >= 0.3 is 5.97 Å². The van der Waals surface area contributed by atoms with Gasteiger partial charge in [0.25, 0.3) is 0 Å². The van der Waals surface area contributed by atoms with Gasteiger partial charge in [-0.1, -0.05) is 54.1 Å². The van der Waals surface area contributed by atoms with Crippen LogP contribution in [0.1, 0.15) is 15.9 Å². The van der Waals surface area contributed by atoms with Crippen LogP contribution < -0.4 is 10.2 Å². The number of hydrogen-bond acceptors (Lipinski definition) is 5. The van der Waals surface area contributed by atoms with Crippen molar-refractivity contribution in [1.29, 1.82) is 0 Å². The molecule has 4 rings (SSSR count). The standard InChI is InChI=1S/C24H17ClO5/c1-28-24(27)17-9-7-15(8-10-17)14-29-23-21(26)19-13-18(25)11-12-20(19)30-22(23)16-5-3-2-4-6-16/h2-13H,14H2,1H3. The van der Waals surface area contributed by atoms with E-state index >= 15 is 0 Å². The van der Waals surface area contributed by atoms with Gasteiger partial charge in [-0.2, -0.15) is 0 Å². The number of carbonyl (C=O) groups is 1. The lowest BCUT2D eigenvalue weighted by Gasteiger charge is -2.12. The Morgan fingerprint density at radius 3 is 2.43 bits per heavy atom. The lowest BCUT2D eigenvalue weighted by Crippen LogP contribution is -2.10. The van der Waals surface area contributed by atoms with E-state index in [1.807, 2.05) is 30.3 Å². The first-order valence-electron chi connectivity index (χ1n) is 9.18. The fraction of sp³-hybridized carbons (Fsp3) is 0.0833. The van der Waals surface area contributed by atoms with Crippen molar-refractivity contribution >= 4 is 28.5 Å². The van der Waals surface area contributed by atoms with Gasteiger partial charge in [0.05, 0.1) is 18.1 Å². The molecule has 6 heteroatoms. The van der Waals surface area contributed by atoms with E-state index in [0.29, 0.717) is 27.3 Å². The SMILES string of the molecule is COC(=O)c1ccc(COc2c(-c3ccccc3)oc3ccc(Cl)cc3c2=O)cc1. The molecule has 0 amide bonds. The summed E-state index contributed by atoms with van der Waals surface area (Å²) in [5, 5.41) is 0.782. The first-order chi connectivity index (χ1) is 14.6. The summed E-state index contributed by atoms with van der Waals surface area (Å²) in [4.78, 5) is 24.8. The molecular weight excluding hydrogens is 404 g/mol. The molecule has 0 saturated carbocycles. The number of benzene rings is 3.